The van der Waals surface area contributed by atoms with Crippen molar-refractivity contribution in [2.24, 2.45) is 5.73 Å². The van der Waals surface area contributed by atoms with E-state index in [1.807, 2.05) is 26.8 Å². The molecule has 1 fully saturated rings. The van der Waals surface area contributed by atoms with Crippen LogP contribution in [0.1, 0.15) is 79.2 Å². The van der Waals surface area contributed by atoms with E-state index in [4.69, 9.17) is 21.3 Å². The molecule has 8 heteroatoms. The summed E-state index contributed by atoms with van der Waals surface area (Å²) < 4.78 is 7.25. The molecule has 32 heavy (non-hydrogen) atoms. The molecule has 1 saturated heterocycles. The lowest BCUT2D eigenvalue weighted by molar-refractivity contribution is 0.0168. The number of hydrogen-bond acceptors (Lipinski definition) is 5. The van der Waals surface area contributed by atoms with Crippen LogP contribution in [0.5, 0.6) is 0 Å². The third-order valence-electron chi connectivity index (χ3n) is 6.35. The molecular weight excluding hydrogens is 406 g/mol. The first-order valence-corrected chi connectivity index (χ1v) is 11.4. The molecule has 4 N–H and O–H groups in total. The maximum Gasteiger partial charge on any atom is 0.410 e. The molecule has 2 heterocycles. The number of fused-ring (bicyclic) bond motifs is 1. The van der Waals surface area contributed by atoms with Crippen molar-refractivity contribution in [1.29, 1.82) is 0 Å². The molecule has 4 rings (SSSR count). The Morgan fingerprint density at radius 2 is 1.88 bits per heavy atom. The number of aryl methyl sites for hydroxylation is 1. The minimum Gasteiger partial charge on any atom is -0.444 e. The first-order valence-electron chi connectivity index (χ1n) is 11.4. The Morgan fingerprint density at radius 3 is 2.56 bits per heavy atom. The number of nitrogens with zero attached hydrogens (tertiary/aromatic N) is 3. The number of aromatic nitrogens is 2. The van der Waals surface area contributed by atoms with Gasteiger partial charge < -0.3 is 21.1 Å². The molecule has 1 aromatic carbocycles. The summed E-state index contributed by atoms with van der Waals surface area (Å²) in [5.41, 5.74) is 15.2. The van der Waals surface area contributed by atoms with Gasteiger partial charge in [-0.15, -0.1) is 0 Å². The molecule has 0 bridgehead atoms. The summed E-state index contributed by atoms with van der Waals surface area (Å²) in [6.07, 6.45) is 3.91. The number of carbonyl (C=O) groups excluding carboxylic acids is 2. The van der Waals surface area contributed by atoms with Crippen LogP contribution in [0.2, 0.25) is 0 Å². The minimum atomic E-state index is -0.557. The van der Waals surface area contributed by atoms with Gasteiger partial charge >= 0.3 is 6.09 Å². The number of piperidine rings is 1. The van der Waals surface area contributed by atoms with Crippen LogP contribution in [0.15, 0.2) is 24.3 Å². The first-order chi connectivity index (χ1) is 15.1. The molecule has 0 spiro atoms. The molecule has 0 radical (unpaired) electrons. The number of likely N-dealkylation sites (tertiary alicyclic amines) is 1. The summed E-state index contributed by atoms with van der Waals surface area (Å²) in [5.74, 6) is -0.175. The molecule has 2 amide bonds. The highest BCUT2D eigenvalue weighted by atomic mass is 16.6. The van der Waals surface area contributed by atoms with Crippen molar-refractivity contribution in [2.75, 3.05) is 18.8 Å². The molecule has 1 aliphatic heterocycles. The molecule has 2 aliphatic rings. The van der Waals surface area contributed by atoms with Gasteiger partial charge in [-0.05, 0) is 64.0 Å². The van der Waals surface area contributed by atoms with Crippen molar-refractivity contribution in [2.45, 2.75) is 70.4 Å². The van der Waals surface area contributed by atoms with E-state index in [9.17, 15) is 9.59 Å². The highest BCUT2D eigenvalue weighted by molar-refractivity contribution is 5.98. The van der Waals surface area contributed by atoms with Crippen LogP contribution in [0.25, 0.3) is 0 Å². The monoisotopic (exact) mass is 439 g/mol. The molecular formula is C24H33N5O3. The Kier molecular flexibility index (Phi) is 5.88. The largest absolute Gasteiger partial charge is 0.444 e. The lowest BCUT2D eigenvalue weighted by atomic mass is 9.81. The van der Waals surface area contributed by atoms with Gasteiger partial charge in [0, 0.05) is 19.0 Å². The predicted octanol–water partition coefficient (Wildman–Crippen LogP) is 3.41. The summed E-state index contributed by atoms with van der Waals surface area (Å²) in [4.78, 5) is 26.6. The van der Waals surface area contributed by atoms with Crippen LogP contribution >= 0.6 is 0 Å². The predicted molar refractivity (Wildman–Crippen MR) is 122 cm³/mol. The van der Waals surface area contributed by atoms with E-state index in [0.29, 0.717) is 30.2 Å². The SMILES string of the molecule is CC(C)(C)OC(=O)N1CCC[C@@H](n2nc(C3CCc4ccccc4C3)c(C(N)=O)c2N)C1. The van der Waals surface area contributed by atoms with Crippen LogP contribution in [0, 0.1) is 0 Å². The van der Waals surface area contributed by atoms with E-state index in [-0.39, 0.29) is 18.1 Å². The second-order valence-corrected chi connectivity index (χ2v) is 9.89. The molecule has 1 aromatic heterocycles. The van der Waals surface area contributed by atoms with Crippen molar-refractivity contribution < 1.29 is 14.3 Å². The molecule has 172 valence electrons. The second kappa shape index (κ2) is 8.48. The van der Waals surface area contributed by atoms with E-state index < -0.39 is 11.5 Å². The molecule has 2 atom stereocenters. The van der Waals surface area contributed by atoms with Crippen LogP contribution < -0.4 is 11.5 Å². The van der Waals surface area contributed by atoms with Crippen molar-refractivity contribution in [3.8, 4) is 0 Å². The zero-order valence-corrected chi connectivity index (χ0v) is 19.1. The van der Waals surface area contributed by atoms with Gasteiger partial charge in [0.1, 0.15) is 17.0 Å². The van der Waals surface area contributed by atoms with E-state index in [1.54, 1.807) is 9.58 Å². The number of nitrogen functional groups attached to an aromatic ring is 1. The molecule has 1 aliphatic carbocycles. The van der Waals surface area contributed by atoms with Crippen LogP contribution in [-0.4, -0.2) is 45.4 Å². The van der Waals surface area contributed by atoms with Crippen molar-refractivity contribution in [1.82, 2.24) is 14.7 Å². The number of nitrogens with two attached hydrogens (primary N) is 2. The fraction of sp³-hybridized carbons (Fsp3) is 0.542. The summed E-state index contributed by atoms with van der Waals surface area (Å²) in [5, 5.41) is 4.83. The Morgan fingerprint density at radius 1 is 1.16 bits per heavy atom. The molecule has 8 nitrogen and oxygen atoms in total. The lowest BCUT2D eigenvalue weighted by Gasteiger charge is -2.34. The maximum absolute atomic E-state index is 12.6. The standard InChI is InChI=1S/C24H33N5O3/c1-24(2,3)32-23(31)28-12-6-9-18(14-28)29-21(25)19(22(26)30)20(27-29)17-11-10-15-7-4-5-8-16(15)13-17/h4-5,7-8,17-18H,6,9-14,25H2,1-3H3,(H2,26,30)/t17?,18-/m1/s1. The Balaban J connectivity index is 1.60. The average Bonchev–Trinajstić information content (AvgIpc) is 3.09. The first kappa shape index (κ1) is 22.2. The van der Waals surface area contributed by atoms with E-state index in [1.165, 1.54) is 11.1 Å². The number of carbonyl (C=O) groups is 2. The second-order valence-electron chi connectivity index (χ2n) is 9.89. The third kappa shape index (κ3) is 4.45. The van der Waals surface area contributed by atoms with Crippen molar-refractivity contribution in [3.63, 3.8) is 0 Å². The highest BCUT2D eigenvalue weighted by Crippen LogP contribution is 2.37. The fourth-order valence-electron chi connectivity index (χ4n) is 4.86. The van der Waals surface area contributed by atoms with E-state index >= 15 is 0 Å². The maximum atomic E-state index is 12.6. The summed E-state index contributed by atoms with van der Waals surface area (Å²) in [6, 6.07) is 8.25. The van der Waals surface area contributed by atoms with E-state index in [2.05, 4.69) is 18.2 Å². The van der Waals surface area contributed by atoms with Gasteiger partial charge in [0.15, 0.2) is 0 Å². The quantitative estimate of drug-likeness (QED) is 0.760. The summed E-state index contributed by atoms with van der Waals surface area (Å²) in [7, 11) is 0. The number of primary amides is 1. The number of anilines is 1. The zero-order valence-electron chi connectivity index (χ0n) is 19.1. The summed E-state index contributed by atoms with van der Waals surface area (Å²) >= 11 is 0. The van der Waals surface area contributed by atoms with Gasteiger partial charge in [-0.1, -0.05) is 24.3 Å². The number of ether oxygens (including phenoxy) is 1. The van der Waals surface area contributed by atoms with Gasteiger partial charge in [0.05, 0.1) is 11.7 Å². The average molecular weight is 440 g/mol. The Hall–Kier alpha value is -3.03. The third-order valence-corrected chi connectivity index (χ3v) is 6.35. The molecule has 1 unspecified atom stereocenters. The number of benzene rings is 1. The zero-order chi connectivity index (χ0) is 23.0. The number of hydrogen-bond donors (Lipinski definition) is 2. The highest BCUT2D eigenvalue weighted by Gasteiger charge is 2.34. The smallest absolute Gasteiger partial charge is 0.410 e. The van der Waals surface area contributed by atoms with Crippen molar-refractivity contribution >= 4 is 17.8 Å². The van der Waals surface area contributed by atoms with E-state index in [0.717, 1.165) is 32.1 Å². The molecule has 2 aromatic rings. The van der Waals surface area contributed by atoms with Crippen molar-refractivity contribution in [3.05, 3.63) is 46.6 Å². The van der Waals surface area contributed by atoms with Gasteiger partial charge in [0.2, 0.25) is 0 Å². The number of rotatable bonds is 3. The Labute approximate surface area is 188 Å². The molecule has 0 saturated carbocycles. The minimum absolute atomic E-state index is 0.0847. The lowest BCUT2D eigenvalue weighted by Crippen LogP contribution is -2.43. The van der Waals surface area contributed by atoms with Crippen LogP contribution in [-0.2, 0) is 17.6 Å². The normalized spacial score (nSPS) is 21.2. The van der Waals surface area contributed by atoms with Gasteiger partial charge in [-0.25, -0.2) is 9.48 Å². The van der Waals surface area contributed by atoms with Crippen LogP contribution in [0.3, 0.4) is 0 Å². The van der Waals surface area contributed by atoms with Gasteiger partial charge in [-0.2, -0.15) is 5.10 Å². The van der Waals surface area contributed by atoms with Crippen LogP contribution in [0.4, 0.5) is 10.6 Å². The summed E-state index contributed by atoms with van der Waals surface area (Å²) in [6.45, 7) is 6.62. The fourth-order valence-corrected chi connectivity index (χ4v) is 4.86. The topological polar surface area (TPSA) is 116 Å². The van der Waals surface area contributed by atoms with Gasteiger partial charge in [0.25, 0.3) is 5.91 Å². The number of amides is 2. The Bertz CT molecular complexity index is 1020. The van der Waals surface area contributed by atoms with Gasteiger partial charge in [-0.3, -0.25) is 4.79 Å².